The first kappa shape index (κ1) is 33.6. The van der Waals surface area contributed by atoms with E-state index in [4.69, 9.17) is 15.0 Å². The molecule has 0 bridgehead atoms. The minimum absolute atomic E-state index is 0.0136. The van der Waals surface area contributed by atoms with Crippen molar-refractivity contribution in [1.82, 2.24) is 15.0 Å². The molecule has 0 saturated carbocycles. The Morgan fingerprint density at radius 3 is 2.25 bits per heavy atom. The molecule has 0 unspecified atom stereocenters. The number of anilines is 2. The van der Waals surface area contributed by atoms with Gasteiger partial charge in [-0.25, -0.2) is 0 Å². The van der Waals surface area contributed by atoms with E-state index in [2.05, 4.69) is 15.5 Å². The lowest BCUT2D eigenvalue weighted by Gasteiger charge is -2.24. The van der Waals surface area contributed by atoms with Crippen LogP contribution in [0.1, 0.15) is 27.0 Å². The summed E-state index contributed by atoms with van der Waals surface area (Å²) in [6, 6.07) is 23.0. The molecule has 48 heavy (non-hydrogen) atoms. The van der Waals surface area contributed by atoms with E-state index in [1.165, 1.54) is 48.4 Å². The SMILES string of the molecule is COc1ccc(CC(=O)Nc2ccc(C(=O)N(Cc3ccc(-c4nc(-c5ccc(N)cc5)no4)cc3)CC(O)O)cc2)c(C(F)(F)F)c1. The van der Waals surface area contributed by atoms with E-state index < -0.39 is 42.8 Å². The quantitative estimate of drug-likeness (QED) is 0.111. The standard InChI is InChI=1S/C34H30F3N5O6/c1-47-27-15-10-24(28(17-27)34(35,36)37)16-29(43)39-26-13-8-23(9-14-26)33(46)42(19-30(44)45)18-20-2-4-22(5-3-20)32-40-31(41-48-32)21-6-11-25(38)12-7-21/h2-15,17,30,44-45H,16,18-19,38H2,1H3,(H,39,43). The number of alkyl halides is 3. The molecule has 2 amide bonds. The second-order valence-corrected chi connectivity index (χ2v) is 10.7. The van der Waals surface area contributed by atoms with Crippen molar-refractivity contribution >= 4 is 23.2 Å². The predicted molar refractivity (Wildman–Crippen MR) is 169 cm³/mol. The maximum atomic E-state index is 13.5. The van der Waals surface area contributed by atoms with Crippen LogP contribution < -0.4 is 15.8 Å². The Morgan fingerprint density at radius 2 is 1.62 bits per heavy atom. The summed E-state index contributed by atoms with van der Waals surface area (Å²) in [5, 5.41) is 25.9. The van der Waals surface area contributed by atoms with Crippen LogP contribution in [0.4, 0.5) is 24.5 Å². The molecule has 5 aromatic rings. The van der Waals surface area contributed by atoms with Crippen molar-refractivity contribution in [3.8, 4) is 28.6 Å². The molecule has 0 saturated heterocycles. The first-order chi connectivity index (χ1) is 22.9. The van der Waals surface area contributed by atoms with Gasteiger partial charge in [-0.05, 0) is 83.9 Å². The number of rotatable bonds is 11. The third-order valence-electron chi connectivity index (χ3n) is 7.23. The lowest BCUT2D eigenvalue weighted by atomic mass is 10.0. The van der Waals surface area contributed by atoms with Crippen molar-refractivity contribution in [3.63, 3.8) is 0 Å². The van der Waals surface area contributed by atoms with Gasteiger partial charge < -0.3 is 35.4 Å². The summed E-state index contributed by atoms with van der Waals surface area (Å²) in [7, 11) is 1.25. The van der Waals surface area contributed by atoms with Crippen LogP contribution >= 0.6 is 0 Å². The molecule has 248 valence electrons. The molecule has 0 fully saturated rings. The van der Waals surface area contributed by atoms with E-state index in [1.54, 1.807) is 48.5 Å². The number of carbonyl (C=O) groups excluding carboxylic acids is 2. The Bertz CT molecular complexity index is 1880. The first-order valence-electron chi connectivity index (χ1n) is 14.5. The van der Waals surface area contributed by atoms with Crippen LogP contribution in [0.3, 0.4) is 0 Å². The first-order valence-corrected chi connectivity index (χ1v) is 14.5. The fourth-order valence-electron chi connectivity index (χ4n) is 4.84. The van der Waals surface area contributed by atoms with Crippen LogP contribution in [0.25, 0.3) is 22.8 Å². The number of benzene rings is 4. The average molecular weight is 662 g/mol. The number of ether oxygens (including phenoxy) is 1. The molecule has 14 heteroatoms. The average Bonchev–Trinajstić information content (AvgIpc) is 3.55. The Balaban J connectivity index is 1.23. The number of aliphatic hydroxyl groups excluding tert-OH is 1. The molecule has 0 spiro atoms. The number of amides is 2. The molecule has 0 aliphatic carbocycles. The van der Waals surface area contributed by atoms with E-state index in [0.717, 1.165) is 11.6 Å². The summed E-state index contributed by atoms with van der Waals surface area (Å²) in [5.41, 5.74) is 7.61. The molecule has 5 rings (SSSR count). The van der Waals surface area contributed by atoms with Crippen LogP contribution in [0, 0.1) is 0 Å². The van der Waals surface area contributed by atoms with Crippen LogP contribution in [0.5, 0.6) is 5.75 Å². The zero-order valence-electron chi connectivity index (χ0n) is 25.4. The molecule has 0 atom stereocenters. The highest BCUT2D eigenvalue weighted by Crippen LogP contribution is 2.35. The number of hydrogen-bond acceptors (Lipinski definition) is 9. The lowest BCUT2D eigenvalue weighted by molar-refractivity contribution is -0.138. The van der Waals surface area contributed by atoms with Crippen LogP contribution in [-0.4, -0.2) is 57.0 Å². The lowest BCUT2D eigenvalue weighted by Crippen LogP contribution is -2.37. The predicted octanol–water partition coefficient (Wildman–Crippen LogP) is 5.15. The van der Waals surface area contributed by atoms with Gasteiger partial charge in [0.25, 0.3) is 11.8 Å². The van der Waals surface area contributed by atoms with Crippen molar-refractivity contribution in [1.29, 1.82) is 0 Å². The van der Waals surface area contributed by atoms with Gasteiger partial charge in [0, 0.05) is 34.6 Å². The number of hydrogen-bond donors (Lipinski definition) is 4. The maximum absolute atomic E-state index is 13.5. The van der Waals surface area contributed by atoms with Gasteiger partial charge in [-0.2, -0.15) is 18.2 Å². The van der Waals surface area contributed by atoms with Crippen molar-refractivity contribution in [3.05, 3.63) is 113 Å². The fourth-order valence-corrected chi connectivity index (χ4v) is 4.84. The van der Waals surface area contributed by atoms with Crippen molar-refractivity contribution in [2.45, 2.75) is 25.4 Å². The minimum Gasteiger partial charge on any atom is -0.497 e. The number of nitrogens with two attached hydrogens (primary N) is 1. The normalized spacial score (nSPS) is 11.4. The van der Waals surface area contributed by atoms with Gasteiger partial charge >= 0.3 is 6.18 Å². The molecule has 0 aliphatic heterocycles. The number of nitrogens with zero attached hydrogens (tertiary/aromatic N) is 3. The summed E-state index contributed by atoms with van der Waals surface area (Å²) in [4.78, 5) is 31.6. The van der Waals surface area contributed by atoms with Crippen LogP contribution in [-0.2, 0) is 23.9 Å². The van der Waals surface area contributed by atoms with E-state index >= 15 is 0 Å². The van der Waals surface area contributed by atoms with E-state index in [1.807, 2.05) is 0 Å². The third-order valence-corrected chi connectivity index (χ3v) is 7.23. The molecule has 1 heterocycles. The highest BCUT2D eigenvalue weighted by Gasteiger charge is 2.34. The zero-order chi connectivity index (χ0) is 34.4. The van der Waals surface area contributed by atoms with E-state index in [0.29, 0.717) is 22.6 Å². The van der Waals surface area contributed by atoms with Crippen molar-refractivity contribution in [2.75, 3.05) is 24.7 Å². The highest BCUT2D eigenvalue weighted by molar-refractivity contribution is 5.96. The summed E-state index contributed by atoms with van der Waals surface area (Å²) in [6.45, 7) is -0.365. The maximum Gasteiger partial charge on any atom is 0.416 e. The zero-order valence-corrected chi connectivity index (χ0v) is 25.4. The molecular formula is C34H30F3N5O6. The van der Waals surface area contributed by atoms with E-state index in [9.17, 15) is 33.0 Å². The number of nitrogen functional groups attached to an aromatic ring is 1. The largest absolute Gasteiger partial charge is 0.497 e. The Kier molecular flexibility index (Phi) is 10.1. The van der Waals surface area contributed by atoms with Crippen molar-refractivity contribution in [2.24, 2.45) is 0 Å². The topological polar surface area (TPSA) is 164 Å². The second kappa shape index (κ2) is 14.4. The van der Waals surface area contributed by atoms with Gasteiger partial charge in [0.05, 0.1) is 25.6 Å². The van der Waals surface area contributed by atoms with Crippen LogP contribution in [0.2, 0.25) is 0 Å². The molecule has 5 N–H and O–H groups in total. The number of aromatic nitrogens is 2. The Labute approximate surface area is 272 Å². The van der Waals surface area contributed by atoms with Gasteiger partial charge in [0.1, 0.15) is 5.75 Å². The van der Waals surface area contributed by atoms with Gasteiger partial charge in [-0.1, -0.05) is 23.4 Å². The number of nitrogens with one attached hydrogen (secondary N) is 1. The fraction of sp³-hybridized carbons (Fsp3) is 0.176. The smallest absolute Gasteiger partial charge is 0.416 e. The molecule has 4 aromatic carbocycles. The number of halogens is 3. The molecule has 0 radical (unpaired) electrons. The third kappa shape index (κ3) is 8.34. The Hall–Kier alpha value is -5.73. The summed E-state index contributed by atoms with van der Waals surface area (Å²) in [6.07, 6.45) is -7.04. The molecule has 0 aliphatic rings. The van der Waals surface area contributed by atoms with Gasteiger partial charge in [0.15, 0.2) is 6.29 Å². The van der Waals surface area contributed by atoms with Gasteiger partial charge in [-0.3, -0.25) is 9.59 Å². The number of aliphatic hydroxyl groups is 2. The highest BCUT2D eigenvalue weighted by atomic mass is 19.4. The monoisotopic (exact) mass is 661 g/mol. The van der Waals surface area contributed by atoms with Gasteiger partial charge in [-0.15, -0.1) is 0 Å². The molecule has 1 aromatic heterocycles. The molecule has 11 nitrogen and oxygen atoms in total. The minimum atomic E-state index is -4.68. The van der Waals surface area contributed by atoms with Gasteiger partial charge in [0.2, 0.25) is 11.7 Å². The number of methoxy groups -OCH3 is 1. The van der Waals surface area contributed by atoms with Crippen LogP contribution in [0.15, 0.2) is 95.5 Å². The Morgan fingerprint density at radius 1 is 0.958 bits per heavy atom. The summed E-state index contributed by atoms with van der Waals surface area (Å²) in [5.74, 6) is -0.534. The van der Waals surface area contributed by atoms with Crippen molar-refractivity contribution < 1.29 is 42.2 Å². The van der Waals surface area contributed by atoms with E-state index in [-0.39, 0.29) is 35.0 Å². The summed E-state index contributed by atoms with van der Waals surface area (Å²) < 4.78 is 50.9. The molecular weight excluding hydrogens is 631 g/mol. The number of carbonyl (C=O) groups is 2. The summed E-state index contributed by atoms with van der Waals surface area (Å²) >= 11 is 0. The second-order valence-electron chi connectivity index (χ2n) is 10.7.